The number of pyridine rings is 1. The molecule has 180 valence electrons. The van der Waals surface area contributed by atoms with Crippen LogP contribution in [-0.4, -0.2) is 34.5 Å². The Hall–Kier alpha value is -3.06. The summed E-state index contributed by atoms with van der Waals surface area (Å²) in [6.07, 6.45) is 5.93. The summed E-state index contributed by atoms with van der Waals surface area (Å²) < 4.78 is 19.2. The molecule has 6 nitrogen and oxygen atoms in total. The molecule has 2 aromatic rings. The van der Waals surface area contributed by atoms with E-state index in [9.17, 15) is 14.0 Å². The number of aromatic nitrogens is 1. The number of nitrogens with zero attached hydrogens (tertiary/aromatic N) is 1. The van der Waals surface area contributed by atoms with Crippen LogP contribution in [0.3, 0.4) is 0 Å². The Labute approximate surface area is 199 Å². The molecule has 7 atom stereocenters. The number of nitrogens with one attached hydrogen (secondary N) is 1. The van der Waals surface area contributed by atoms with Crippen molar-refractivity contribution < 1.29 is 18.7 Å². The number of hydrogen-bond donors (Lipinski definition) is 2. The van der Waals surface area contributed by atoms with E-state index >= 15 is 0 Å². The van der Waals surface area contributed by atoms with Gasteiger partial charge in [0.15, 0.2) is 0 Å². The number of ether oxygens (including phenoxy) is 1. The predicted octanol–water partition coefficient (Wildman–Crippen LogP) is 3.96. The number of halogens is 1. The Balaban J connectivity index is 1.62. The van der Waals surface area contributed by atoms with Gasteiger partial charge in [-0.2, -0.15) is 0 Å². The minimum Gasteiger partial charge on any atom is -0.460 e. The van der Waals surface area contributed by atoms with Gasteiger partial charge in [-0.05, 0) is 67.9 Å². The zero-order valence-electron chi connectivity index (χ0n) is 20.0. The molecule has 2 heterocycles. The molecule has 4 rings (SSSR count). The van der Waals surface area contributed by atoms with E-state index in [0.717, 1.165) is 16.8 Å². The van der Waals surface area contributed by atoms with Gasteiger partial charge >= 0.3 is 5.97 Å². The van der Waals surface area contributed by atoms with Crippen LogP contribution in [0.25, 0.3) is 17.2 Å². The monoisotopic (exact) mass is 465 g/mol. The Morgan fingerprint density at radius 1 is 1.26 bits per heavy atom. The minimum absolute atomic E-state index is 0.0109. The number of esters is 1. The molecule has 0 radical (unpaired) electrons. The Morgan fingerprint density at radius 2 is 2.03 bits per heavy atom. The summed E-state index contributed by atoms with van der Waals surface area (Å²) in [5, 5.41) is 2.96. The smallest absolute Gasteiger partial charge is 0.332 e. The maximum absolute atomic E-state index is 13.5. The molecular weight excluding hydrogens is 433 g/mol. The van der Waals surface area contributed by atoms with E-state index in [-0.39, 0.29) is 47.5 Å². The molecule has 1 aliphatic carbocycles. The van der Waals surface area contributed by atoms with E-state index in [2.05, 4.69) is 30.2 Å². The summed E-state index contributed by atoms with van der Waals surface area (Å²) in [6.45, 7) is 7.77. The second-order valence-electron chi connectivity index (χ2n) is 9.84. The maximum atomic E-state index is 13.5. The number of nitrogens with two attached hydrogens (primary N) is 1. The highest BCUT2D eigenvalue weighted by atomic mass is 19.1. The number of hydrogen-bond acceptors (Lipinski definition) is 5. The van der Waals surface area contributed by atoms with E-state index in [4.69, 9.17) is 10.5 Å². The molecule has 3 unspecified atom stereocenters. The van der Waals surface area contributed by atoms with Crippen LogP contribution in [0.4, 0.5) is 4.39 Å². The molecule has 1 saturated carbocycles. The molecular formula is C27H32FN3O3. The largest absolute Gasteiger partial charge is 0.460 e. The van der Waals surface area contributed by atoms with Crippen LogP contribution >= 0.6 is 0 Å². The fourth-order valence-electron chi connectivity index (χ4n) is 5.51. The highest BCUT2D eigenvalue weighted by Crippen LogP contribution is 2.51. The van der Waals surface area contributed by atoms with Gasteiger partial charge in [0.2, 0.25) is 5.91 Å². The number of cyclic esters (lactones) is 1. The SMILES string of the molecule is CC1C[C@@]2(NC(=O)[C@@H](C)N)C(=O)O[C@H](C)[C@H]2C(/C=C/c2ccc(-c3cccc(F)c3)cn2)C1C. The number of carbonyl (C=O) groups excluding carboxylic acids is 2. The lowest BCUT2D eigenvalue weighted by Crippen LogP contribution is -2.64. The average Bonchev–Trinajstić information content (AvgIpc) is 3.03. The predicted molar refractivity (Wildman–Crippen MR) is 129 cm³/mol. The first kappa shape index (κ1) is 24.1. The van der Waals surface area contributed by atoms with E-state index in [1.165, 1.54) is 12.1 Å². The zero-order chi connectivity index (χ0) is 24.6. The highest BCUT2D eigenvalue weighted by molar-refractivity contribution is 5.92. The Bertz CT molecular complexity index is 1100. The third-order valence-electron chi connectivity index (χ3n) is 7.49. The van der Waals surface area contributed by atoms with Crippen LogP contribution < -0.4 is 11.1 Å². The average molecular weight is 466 g/mol. The molecule has 1 saturated heterocycles. The second kappa shape index (κ2) is 9.29. The van der Waals surface area contributed by atoms with E-state index in [1.807, 2.05) is 31.2 Å². The topological polar surface area (TPSA) is 94.3 Å². The third kappa shape index (κ3) is 4.37. The number of amides is 1. The molecule has 2 aliphatic rings. The van der Waals surface area contributed by atoms with Crippen molar-refractivity contribution in [3.8, 4) is 11.1 Å². The summed E-state index contributed by atoms with van der Waals surface area (Å²) in [4.78, 5) is 30.1. The summed E-state index contributed by atoms with van der Waals surface area (Å²) in [6, 6.07) is 9.48. The molecule has 1 aromatic carbocycles. The molecule has 7 heteroatoms. The lowest BCUT2D eigenvalue weighted by atomic mass is 9.58. The van der Waals surface area contributed by atoms with Gasteiger partial charge in [-0.15, -0.1) is 0 Å². The lowest BCUT2D eigenvalue weighted by Gasteiger charge is -2.47. The van der Waals surface area contributed by atoms with Crippen LogP contribution in [0.2, 0.25) is 0 Å². The molecule has 2 fully saturated rings. The van der Waals surface area contributed by atoms with Crippen LogP contribution in [0.15, 0.2) is 48.7 Å². The summed E-state index contributed by atoms with van der Waals surface area (Å²) in [5.74, 6) is -0.793. The number of benzene rings is 1. The number of carbonyl (C=O) groups is 2. The molecule has 1 aliphatic heterocycles. The first-order chi connectivity index (χ1) is 16.1. The normalized spacial score (nSPS) is 31.7. The van der Waals surface area contributed by atoms with Crippen LogP contribution in [0.5, 0.6) is 0 Å². The van der Waals surface area contributed by atoms with Crippen molar-refractivity contribution in [1.82, 2.24) is 10.3 Å². The third-order valence-corrected chi connectivity index (χ3v) is 7.49. The van der Waals surface area contributed by atoms with Crippen molar-refractivity contribution >= 4 is 18.0 Å². The van der Waals surface area contributed by atoms with Gasteiger partial charge < -0.3 is 15.8 Å². The minimum atomic E-state index is -1.08. The van der Waals surface area contributed by atoms with E-state index in [0.29, 0.717) is 6.42 Å². The van der Waals surface area contributed by atoms with Crippen LogP contribution in [0.1, 0.15) is 39.8 Å². The molecule has 34 heavy (non-hydrogen) atoms. The summed E-state index contributed by atoms with van der Waals surface area (Å²) in [5.41, 5.74) is 7.07. The van der Waals surface area contributed by atoms with Gasteiger partial charge in [-0.1, -0.05) is 38.1 Å². The number of rotatable bonds is 5. The van der Waals surface area contributed by atoms with Crippen molar-refractivity contribution in [2.45, 2.75) is 51.8 Å². The molecule has 0 spiro atoms. The zero-order valence-corrected chi connectivity index (χ0v) is 20.0. The second-order valence-corrected chi connectivity index (χ2v) is 9.84. The number of allylic oxidation sites excluding steroid dienone is 1. The van der Waals surface area contributed by atoms with Crippen LogP contribution in [0, 0.1) is 29.5 Å². The summed E-state index contributed by atoms with van der Waals surface area (Å²) >= 11 is 0. The molecule has 0 bridgehead atoms. The standard InChI is InChI=1S/C27H32FN3O3/c1-15-13-27(31-25(32)17(3)29)24(18(4)34-26(27)33)23(16(15)2)11-10-22-9-8-20(14-30-22)19-6-5-7-21(28)12-19/h5-12,14-18,23-24H,13,29H2,1-4H3,(H,31,32)/b11-10+/t15?,16?,17-,18-,23?,24+,27+/m1/s1. The fourth-order valence-corrected chi connectivity index (χ4v) is 5.51. The van der Waals surface area contributed by atoms with Gasteiger partial charge in [-0.25, -0.2) is 9.18 Å². The highest BCUT2D eigenvalue weighted by Gasteiger charge is 2.63. The first-order valence-corrected chi connectivity index (χ1v) is 11.8. The van der Waals surface area contributed by atoms with Crippen molar-refractivity contribution in [2.75, 3.05) is 0 Å². The van der Waals surface area contributed by atoms with E-state index in [1.54, 1.807) is 19.2 Å². The fraction of sp³-hybridized carbons (Fsp3) is 0.444. The van der Waals surface area contributed by atoms with Gasteiger partial charge in [0.1, 0.15) is 17.5 Å². The van der Waals surface area contributed by atoms with Gasteiger partial charge in [0.25, 0.3) is 0 Å². The van der Waals surface area contributed by atoms with Crippen LogP contribution in [-0.2, 0) is 14.3 Å². The molecule has 3 N–H and O–H groups in total. The van der Waals surface area contributed by atoms with Crippen molar-refractivity contribution in [3.05, 3.63) is 60.2 Å². The van der Waals surface area contributed by atoms with Gasteiger partial charge in [-0.3, -0.25) is 9.78 Å². The molecule has 1 amide bonds. The lowest BCUT2D eigenvalue weighted by molar-refractivity contribution is -0.149. The summed E-state index contributed by atoms with van der Waals surface area (Å²) in [7, 11) is 0. The Morgan fingerprint density at radius 3 is 2.68 bits per heavy atom. The van der Waals surface area contributed by atoms with Crippen molar-refractivity contribution in [2.24, 2.45) is 29.4 Å². The van der Waals surface area contributed by atoms with Crippen molar-refractivity contribution in [3.63, 3.8) is 0 Å². The quantitative estimate of drug-likeness (QED) is 0.652. The van der Waals surface area contributed by atoms with Crippen molar-refractivity contribution in [1.29, 1.82) is 0 Å². The van der Waals surface area contributed by atoms with Gasteiger partial charge in [0, 0.05) is 17.7 Å². The molecule has 1 aromatic heterocycles. The first-order valence-electron chi connectivity index (χ1n) is 11.8. The number of fused-ring (bicyclic) bond motifs is 1. The van der Waals surface area contributed by atoms with Gasteiger partial charge in [0.05, 0.1) is 11.7 Å². The van der Waals surface area contributed by atoms with E-state index < -0.39 is 11.6 Å². The Kier molecular flexibility index (Phi) is 6.58. The maximum Gasteiger partial charge on any atom is 0.332 e.